The molecule has 0 heterocycles. The summed E-state index contributed by atoms with van der Waals surface area (Å²) in [5, 5.41) is 3.28. The molecule has 0 aliphatic heterocycles. The molecule has 0 bridgehead atoms. The van der Waals surface area contributed by atoms with Crippen LogP contribution in [0.2, 0.25) is 12.1 Å². The first-order chi connectivity index (χ1) is 9.69. The van der Waals surface area contributed by atoms with E-state index in [1.165, 1.54) is 18.5 Å². The molecule has 1 unspecified atom stereocenters. The standard InChI is InChI=1S/C19H27Si.3ClH.Ti/c1-5-16(4)18-14-11-15-19(18)20(6-2,7-3)17-12-9-8-10-13-17;;;;/h8-16H,5-7H2,1-4H3;3*1H;/q-1;;;;+4/p-3. The molecule has 0 saturated heterocycles. The monoisotopic (exact) mass is 436 g/mol. The number of rotatable bonds is 6. The fourth-order valence-electron chi connectivity index (χ4n) is 3.47. The van der Waals surface area contributed by atoms with Crippen LogP contribution in [0.5, 0.6) is 0 Å². The zero-order chi connectivity index (χ0) is 14.6. The topological polar surface area (TPSA) is 0 Å². The molecule has 0 N–H and O–H groups in total. The second-order valence-electron chi connectivity index (χ2n) is 5.86. The van der Waals surface area contributed by atoms with Crippen LogP contribution in [-0.2, 0) is 21.7 Å². The van der Waals surface area contributed by atoms with Gasteiger partial charge in [-0.2, -0.15) is 16.8 Å². The number of benzene rings is 1. The quantitative estimate of drug-likeness (QED) is 0.316. The maximum absolute atomic E-state index is 2.41. The smallest absolute Gasteiger partial charge is 1.00 e. The van der Waals surface area contributed by atoms with Gasteiger partial charge in [-0.05, 0) is 5.92 Å². The molecule has 0 fully saturated rings. The van der Waals surface area contributed by atoms with E-state index in [0.717, 1.165) is 0 Å². The van der Waals surface area contributed by atoms with Gasteiger partial charge in [-0.3, -0.25) is 0 Å². The van der Waals surface area contributed by atoms with Gasteiger partial charge in [-0.1, -0.05) is 81.7 Å². The Kier molecular flexibility index (Phi) is 16.5. The van der Waals surface area contributed by atoms with E-state index < -0.39 is 8.07 Å². The molecule has 2 rings (SSSR count). The van der Waals surface area contributed by atoms with Crippen LogP contribution in [0.15, 0.2) is 48.5 Å². The van der Waals surface area contributed by atoms with E-state index >= 15 is 0 Å². The molecule has 0 spiro atoms. The van der Waals surface area contributed by atoms with E-state index in [1.807, 2.05) is 0 Å². The Morgan fingerprint density at radius 1 is 0.875 bits per heavy atom. The second kappa shape index (κ2) is 13.6. The van der Waals surface area contributed by atoms with Gasteiger partial charge < -0.3 is 37.2 Å². The summed E-state index contributed by atoms with van der Waals surface area (Å²) in [6, 6.07) is 20.9. The first-order valence-corrected chi connectivity index (χ1v) is 10.4. The van der Waals surface area contributed by atoms with Gasteiger partial charge in [0.1, 0.15) is 0 Å². The van der Waals surface area contributed by atoms with E-state index in [0.29, 0.717) is 5.92 Å². The van der Waals surface area contributed by atoms with Crippen molar-refractivity contribution < 1.29 is 58.9 Å². The van der Waals surface area contributed by atoms with Crippen molar-refractivity contribution in [3.05, 3.63) is 54.1 Å². The summed E-state index contributed by atoms with van der Waals surface area (Å²) in [5.74, 6) is 0.675. The summed E-state index contributed by atoms with van der Waals surface area (Å²) >= 11 is 0. The molecule has 0 amide bonds. The molecule has 24 heavy (non-hydrogen) atoms. The van der Waals surface area contributed by atoms with Gasteiger partial charge in [0.05, 0.1) is 8.07 Å². The van der Waals surface area contributed by atoms with Crippen molar-refractivity contribution in [3.8, 4) is 0 Å². The maximum atomic E-state index is 2.41. The number of hydrogen-bond acceptors (Lipinski definition) is 0. The largest absolute Gasteiger partial charge is 4.00 e. The van der Waals surface area contributed by atoms with Crippen LogP contribution in [0.25, 0.3) is 0 Å². The van der Waals surface area contributed by atoms with Crippen molar-refractivity contribution >= 4 is 18.4 Å². The zero-order valence-electron chi connectivity index (χ0n) is 15.0. The molecule has 2 aromatic carbocycles. The number of hydrogen-bond donors (Lipinski definition) is 0. The van der Waals surface area contributed by atoms with E-state index in [4.69, 9.17) is 0 Å². The van der Waals surface area contributed by atoms with Gasteiger partial charge in [-0.15, -0.1) is 0 Å². The Morgan fingerprint density at radius 2 is 1.42 bits per heavy atom. The van der Waals surface area contributed by atoms with Crippen molar-refractivity contribution in [2.45, 2.75) is 52.1 Å². The Balaban J connectivity index is -0.00000110. The molecule has 0 radical (unpaired) electrons. The van der Waals surface area contributed by atoms with Crippen molar-refractivity contribution in [2.24, 2.45) is 0 Å². The minimum absolute atomic E-state index is 0. The zero-order valence-corrected chi connectivity index (χ0v) is 19.8. The average Bonchev–Trinajstić information content (AvgIpc) is 2.99. The van der Waals surface area contributed by atoms with E-state index in [9.17, 15) is 0 Å². The molecule has 0 aliphatic rings. The SMILES string of the molecule is CCC(C)c1ccc[c-]1[Si](CC)(CC)c1ccccc1.[Cl-].[Cl-].[Cl-].[Ti+4]. The van der Waals surface area contributed by atoms with Crippen LogP contribution < -0.4 is 47.6 Å². The molecule has 1 atom stereocenters. The molecule has 0 saturated carbocycles. The maximum Gasteiger partial charge on any atom is 4.00 e. The molecule has 0 aliphatic carbocycles. The van der Waals surface area contributed by atoms with Gasteiger partial charge >= 0.3 is 21.7 Å². The Labute approximate surface area is 182 Å². The van der Waals surface area contributed by atoms with Crippen LogP contribution in [0.3, 0.4) is 0 Å². The fourth-order valence-corrected chi connectivity index (χ4v) is 7.99. The van der Waals surface area contributed by atoms with Crippen molar-refractivity contribution in [2.75, 3.05) is 0 Å². The Morgan fingerprint density at radius 3 is 1.88 bits per heavy atom. The van der Waals surface area contributed by atoms with Crippen molar-refractivity contribution in [1.82, 2.24) is 0 Å². The third kappa shape index (κ3) is 5.69. The summed E-state index contributed by atoms with van der Waals surface area (Å²) in [7, 11) is -1.57. The van der Waals surface area contributed by atoms with E-state index in [2.05, 4.69) is 76.2 Å². The average molecular weight is 438 g/mol. The third-order valence-corrected chi connectivity index (χ3v) is 10.4. The molecule has 2 aromatic rings. The molecular formula is C19H27Cl3SiTi. The normalized spacial score (nSPS) is 11.2. The molecule has 0 aromatic heterocycles. The van der Waals surface area contributed by atoms with Gasteiger partial charge in [0.15, 0.2) is 0 Å². The third-order valence-electron chi connectivity index (χ3n) is 5.04. The first kappa shape index (κ1) is 29.1. The van der Waals surface area contributed by atoms with Crippen molar-refractivity contribution in [1.29, 1.82) is 0 Å². The van der Waals surface area contributed by atoms with Crippen LogP contribution in [0.1, 0.15) is 45.6 Å². The predicted octanol–water partition coefficient (Wildman–Crippen LogP) is -4.47. The predicted molar refractivity (Wildman–Crippen MR) is 93.2 cm³/mol. The van der Waals surface area contributed by atoms with Gasteiger partial charge in [0.2, 0.25) is 0 Å². The minimum Gasteiger partial charge on any atom is -1.00 e. The van der Waals surface area contributed by atoms with Crippen LogP contribution in [0, 0.1) is 0 Å². The molecule has 132 valence electrons. The van der Waals surface area contributed by atoms with Gasteiger partial charge in [-0.25, -0.2) is 12.1 Å². The summed E-state index contributed by atoms with van der Waals surface area (Å²) in [6.45, 7) is 9.44. The first-order valence-electron chi connectivity index (χ1n) is 8.01. The van der Waals surface area contributed by atoms with E-state index in [-0.39, 0.29) is 58.9 Å². The summed E-state index contributed by atoms with van der Waals surface area (Å²) in [5.41, 5.74) is 1.60. The van der Waals surface area contributed by atoms with Crippen LogP contribution in [-0.4, -0.2) is 8.07 Å². The van der Waals surface area contributed by atoms with Crippen LogP contribution >= 0.6 is 0 Å². The van der Waals surface area contributed by atoms with Crippen LogP contribution in [0.4, 0.5) is 0 Å². The summed E-state index contributed by atoms with van der Waals surface area (Å²) in [6.07, 6.45) is 1.23. The Bertz CT molecular complexity index is 539. The van der Waals surface area contributed by atoms with Crippen molar-refractivity contribution in [3.63, 3.8) is 0 Å². The molecular weight excluding hydrogens is 411 g/mol. The van der Waals surface area contributed by atoms with Gasteiger partial charge in [0, 0.05) is 0 Å². The molecule has 0 nitrogen and oxygen atoms in total. The van der Waals surface area contributed by atoms with E-state index in [1.54, 1.807) is 15.9 Å². The summed E-state index contributed by atoms with van der Waals surface area (Å²) < 4.78 is 0. The molecule has 5 heteroatoms. The fraction of sp³-hybridized carbons (Fsp3) is 0.421. The van der Waals surface area contributed by atoms with Gasteiger partial charge in [0.25, 0.3) is 0 Å². The summed E-state index contributed by atoms with van der Waals surface area (Å²) in [4.78, 5) is 0. The second-order valence-corrected chi connectivity index (χ2v) is 10.6. The Hall–Kier alpha value is 0.371. The minimum atomic E-state index is -1.57. The number of halogens is 3.